The maximum absolute atomic E-state index is 12.3. The van der Waals surface area contributed by atoms with E-state index in [4.69, 9.17) is 20.4 Å². The largest absolute Gasteiger partial charge is 0.384 e. The Morgan fingerprint density at radius 1 is 1.19 bits per heavy atom. The summed E-state index contributed by atoms with van der Waals surface area (Å²) in [6.45, 7) is 6.30. The van der Waals surface area contributed by atoms with Crippen molar-refractivity contribution >= 4 is 23.6 Å². The number of anilines is 3. The van der Waals surface area contributed by atoms with Gasteiger partial charge in [-0.3, -0.25) is 4.79 Å². The molecular weight excluding hydrogens is 412 g/mol. The topological polar surface area (TPSA) is 134 Å². The predicted molar refractivity (Wildman–Crippen MR) is 118 cm³/mol. The molecule has 11 nitrogen and oxygen atoms in total. The van der Waals surface area contributed by atoms with E-state index in [-0.39, 0.29) is 17.9 Å². The van der Waals surface area contributed by atoms with E-state index >= 15 is 0 Å². The summed E-state index contributed by atoms with van der Waals surface area (Å²) in [7, 11) is 0. The third-order valence-electron chi connectivity index (χ3n) is 6.36. The van der Waals surface area contributed by atoms with Crippen LogP contribution in [0, 0.1) is 0 Å². The molecule has 0 aliphatic carbocycles. The van der Waals surface area contributed by atoms with Crippen LogP contribution >= 0.6 is 0 Å². The average molecular weight is 441 g/mol. The molecule has 5 rings (SSSR count). The van der Waals surface area contributed by atoms with Crippen LogP contribution in [-0.4, -0.2) is 93.9 Å². The number of aromatic nitrogens is 4. The molecule has 1 amide bonds. The lowest BCUT2D eigenvalue weighted by Crippen LogP contribution is -2.41. The second-order valence-corrected chi connectivity index (χ2v) is 8.45. The van der Waals surface area contributed by atoms with Crippen LogP contribution in [0.4, 0.5) is 17.7 Å². The van der Waals surface area contributed by atoms with Gasteiger partial charge < -0.3 is 30.3 Å². The van der Waals surface area contributed by atoms with Gasteiger partial charge in [0.05, 0.1) is 18.9 Å². The SMILES string of the molecule is C[C@H](O)C(=O)N1CC[C@H](N2CCc3c(-c4cnc(N)nc4)nc(N4CCOCC4)nc32)C1. The lowest BCUT2D eigenvalue weighted by Gasteiger charge is -2.30. The van der Waals surface area contributed by atoms with Gasteiger partial charge in [-0.2, -0.15) is 4.98 Å². The Kier molecular flexibility index (Phi) is 5.51. The molecule has 170 valence electrons. The highest BCUT2D eigenvalue weighted by atomic mass is 16.5. The molecular formula is C21H28N8O3. The maximum Gasteiger partial charge on any atom is 0.251 e. The minimum atomic E-state index is -0.980. The minimum Gasteiger partial charge on any atom is -0.384 e. The fraction of sp³-hybridized carbons (Fsp3) is 0.571. The third-order valence-corrected chi connectivity index (χ3v) is 6.36. The molecule has 3 N–H and O–H groups in total. The van der Waals surface area contributed by atoms with Gasteiger partial charge in [-0.1, -0.05) is 0 Å². The maximum atomic E-state index is 12.3. The Labute approximate surface area is 186 Å². The van der Waals surface area contributed by atoms with E-state index in [0.717, 1.165) is 55.1 Å². The molecule has 0 saturated carbocycles. The van der Waals surface area contributed by atoms with Crippen molar-refractivity contribution in [3.8, 4) is 11.3 Å². The summed E-state index contributed by atoms with van der Waals surface area (Å²) in [6.07, 6.45) is 4.07. The smallest absolute Gasteiger partial charge is 0.251 e. The minimum absolute atomic E-state index is 0.155. The quantitative estimate of drug-likeness (QED) is 0.652. The molecule has 3 aliphatic heterocycles. The zero-order chi connectivity index (χ0) is 22.2. The number of hydrogen-bond acceptors (Lipinski definition) is 10. The first-order chi connectivity index (χ1) is 15.5. The fourth-order valence-electron chi connectivity index (χ4n) is 4.69. The molecule has 2 atom stereocenters. The van der Waals surface area contributed by atoms with Gasteiger partial charge in [0.2, 0.25) is 11.9 Å². The lowest BCUT2D eigenvalue weighted by atomic mass is 10.1. The lowest BCUT2D eigenvalue weighted by molar-refractivity contribution is -0.138. The van der Waals surface area contributed by atoms with Crippen molar-refractivity contribution < 1.29 is 14.6 Å². The summed E-state index contributed by atoms with van der Waals surface area (Å²) < 4.78 is 5.50. The van der Waals surface area contributed by atoms with Crippen molar-refractivity contribution in [2.75, 3.05) is 61.5 Å². The van der Waals surface area contributed by atoms with Crippen molar-refractivity contribution in [1.82, 2.24) is 24.8 Å². The molecule has 3 aliphatic rings. The predicted octanol–water partition coefficient (Wildman–Crippen LogP) is -0.303. The number of morpholine rings is 1. The Bertz CT molecular complexity index is 993. The highest BCUT2D eigenvalue weighted by Gasteiger charge is 2.37. The van der Waals surface area contributed by atoms with Crippen LogP contribution in [-0.2, 0) is 16.0 Å². The van der Waals surface area contributed by atoms with Crippen LogP contribution in [0.5, 0.6) is 0 Å². The number of carbonyl (C=O) groups is 1. The summed E-state index contributed by atoms with van der Waals surface area (Å²) in [6, 6.07) is 0.155. The number of carbonyl (C=O) groups excluding carboxylic acids is 1. The average Bonchev–Trinajstić information content (AvgIpc) is 3.46. The number of amides is 1. The molecule has 2 saturated heterocycles. The summed E-state index contributed by atoms with van der Waals surface area (Å²) in [5.41, 5.74) is 8.40. The number of nitrogens with zero attached hydrogens (tertiary/aromatic N) is 7. The first-order valence-corrected chi connectivity index (χ1v) is 11.1. The first-order valence-electron chi connectivity index (χ1n) is 11.1. The van der Waals surface area contributed by atoms with Gasteiger partial charge in [0.25, 0.3) is 5.91 Å². The monoisotopic (exact) mass is 440 g/mol. The molecule has 2 aromatic heterocycles. The molecule has 11 heteroatoms. The van der Waals surface area contributed by atoms with Gasteiger partial charge in [0.15, 0.2) is 0 Å². The Hall–Kier alpha value is -3.05. The zero-order valence-electron chi connectivity index (χ0n) is 18.1. The summed E-state index contributed by atoms with van der Waals surface area (Å²) in [4.78, 5) is 36.6. The van der Waals surface area contributed by atoms with E-state index < -0.39 is 6.10 Å². The second kappa shape index (κ2) is 8.47. The molecule has 2 fully saturated rings. The normalized spacial score (nSPS) is 21.7. The number of aliphatic hydroxyl groups excluding tert-OH is 1. The van der Waals surface area contributed by atoms with Gasteiger partial charge in [-0.15, -0.1) is 0 Å². The van der Waals surface area contributed by atoms with Crippen molar-refractivity contribution in [2.45, 2.75) is 31.9 Å². The standard InChI is InChI=1S/C21H28N8O3/c1-13(30)19(31)28-4-2-15(12-28)29-5-3-16-17(14-10-23-20(22)24-11-14)25-21(26-18(16)29)27-6-8-32-9-7-27/h10-11,13,15,30H,2-9,12H2,1H3,(H2,22,23,24)/t13-,15-/m0/s1. The number of aliphatic hydroxyl groups is 1. The molecule has 0 bridgehead atoms. The van der Waals surface area contributed by atoms with Gasteiger partial charge in [0, 0.05) is 62.3 Å². The van der Waals surface area contributed by atoms with Crippen LogP contribution in [0.1, 0.15) is 18.9 Å². The number of rotatable bonds is 4. The molecule has 32 heavy (non-hydrogen) atoms. The summed E-state index contributed by atoms with van der Waals surface area (Å²) in [5.74, 6) is 1.58. The Morgan fingerprint density at radius 2 is 1.94 bits per heavy atom. The number of nitrogens with two attached hydrogens (primary N) is 1. The molecule has 5 heterocycles. The highest BCUT2D eigenvalue weighted by molar-refractivity contribution is 5.80. The number of ether oxygens (including phenoxy) is 1. The van der Waals surface area contributed by atoms with Gasteiger partial charge in [-0.25, -0.2) is 15.0 Å². The van der Waals surface area contributed by atoms with E-state index in [1.54, 1.807) is 17.3 Å². The van der Waals surface area contributed by atoms with Crippen molar-refractivity contribution in [2.24, 2.45) is 0 Å². The molecule has 0 spiro atoms. The van der Waals surface area contributed by atoms with Crippen molar-refractivity contribution in [1.29, 1.82) is 0 Å². The Morgan fingerprint density at radius 3 is 2.66 bits per heavy atom. The number of fused-ring (bicyclic) bond motifs is 1. The van der Waals surface area contributed by atoms with E-state index in [1.165, 1.54) is 6.92 Å². The van der Waals surface area contributed by atoms with Crippen LogP contribution in [0.15, 0.2) is 12.4 Å². The van der Waals surface area contributed by atoms with Gasteiger partial charge in [0.1, 0.15) is 11.9 Å². The molecule has 0 unspecified atom stereocenters. The number of hydrogen-bond donors (Lipinski definition) is 2. The molecule has 0 radical (unpaired) electrons. The van der Waals surface area contributed by atoms with E-state index in [0.29, 0.717) is 32.3 Å². The van der Waals surface area contributed by atoms with E-state index in [9.17, 15) is 9.90 Å². The first kappa shape index (κ1) is 20.8. The molecule has 0 aromatic carbocycles. The van der Waals surface area contributed by atoms with E-state index in [1.807, 2.05) is 0 Å². The van der Waals surface area contributed by atoms with Crippen LogP contribution in [0.25, 0.3) is 11.3 Å². The van der Waals surface area contributed by atoms with Crippen molar-refractivity contribution in [3.05, 3.63) is 18.0 Å². The Balaban J connectivity index is 1.50. The number of nitrogen functional groups attached to an aromatic ring is 1. The summed E-state index contributed by atoms with van der Waals surface area (Å²) >= 11 is 0. The third kappa shape index (κ3) is 3.82. The van der Waals surface area contributed by atoms with Gasteiger partial charge in [-0.05, 0) is 19.8 Å². The fourth-order valence-corrected chi connectivity index (χ4v) is 4.69. The summed E-state index contributed by atoms with van der Waals surface area (Å²) in [5, 5.41) is 9.69. The second-order valence-electron chi connectivity index (χ2n) is 8.45. The van der Waals surface area contributed by atoms with Crippen LogP contribution in [0.3, 0.4) is 0 Å². The molecule has 2 aromatic rings. The van der Waals surface area contributed by atoms with Crippen LogP contribution < -0.4 is 15.5 Å². The van der Waals surface area contributed by atoms with Gasteiger partial charge >= 0.3 is 0 Å². The van der Waals surface area contributed by atoms with Crippen LogP contribution in [0.2, 0.25) is 0 Å². The highest BCUT2D eigenvalue weighted by Crippen LogP contribution is 2.37. The zero-order valence-corrected chi connectivity index (χ0v) is 18.1. The number of likely N-dealkylation sites (tertiary alicyclic amines) is 1. The van der Waals surface area contributed by atoms with Crippen molar-refractivity contribution in [3.63, 3.8) is 0 Å². The van der Waals surface area contributed by atoms with E-state index in [2.05, 4.69) is 19.8 Å².